The van der Waals surface area contributed by atoms with Gasteiger partial charge in [0.15, 0.2) is 0 Å². The van der Waals surface area contributed by atoms with Gasteiger partial charge in [0.05, 0.1) is 11.4 Å². The zero-order valence-electron chi connectivity index (χ0n) is 9.05. The maximum absolute atomic E-state index is 4.40. The van der Waals surface area contributed by atoms with Crippen LogP contribution < -0.4 is 5.32 Å². The van der Waals surface area contributed by atoms with Crippen molar-refractivity contribution in [1.82, 2.24) is 15.1 Å². The molecule has 0 spiro atoms. The molecule has 1 aromatic heterocycles. The summed E-state index contributed by atoms with van der Waals surface area (Å²) < 4.78 is 1.95. The first kappa shape index (κ1) is 11.7. The molecule has 0 amide bonds. The number of halogens is 1. The molecular weight excluding hydrogens is 242 g/mol. The number of hydrogen-bond acceptors (Lipinski definition) is 2. The predicted molar refractivity (Wildman–Crippen MR) is 62.7 cm³/mol. The number of nitrogens with one attached hydrogen (secondary N) is 1. The van der Waals surface area contributed by atoms with Crippen molar-refractivity contribution in [3.8, 4) is 0 Å². The highest BCUT2D eigenvalue weighted by Gasteiger charge is 2.04. The van der Waals surface area contributed by atoms with Gasteiger partial charge in [0.25, 0.3) is 0 Å². The van der Waals surface area contributed by atoms with Crippen LogP contribution in [0.3, 0.4) is 0 Å². The first-order valence-corrected chi connectivity index (χ1v) is 6.10. The Balaban J connectivity index is 2.53. The molecule has 1 rings (SSSR count). The third-order valence-corrected chi connectivity index (χ3v) is 3.22. The summed E-state index contributed by atoms with van der Waals surface area (Å²) in [5, 5.41) is 8.79. The van der Waals surface area contributed by atoms with Gasteiger partial charge in [0.1, 0.15) is 0 Å². The number of hydrogen-bond donors (Lipinski definition) is 1. The van der Waals surface area contributed by atoms with E-state index in [1.807, 2.05) is 11.7 Å². The lowest BCUT2D eigenvalue weighted by atomic mass is 10.3. The molecule has 0 saturated carbocycles. The summed E-state index contributed by atoms with van der Waals surface area (Å²) in [5.74, 6) is 0. The van der Waals surface area contributed by atoms with E-state index in [-0.39, 0.29) is 0 Å². The number of alkyl halides is 1. The molecule has 0 fully saturated rings. The van der Waals surface area contributed by atoms with E-state index >= 15 is 0 Å². The van der Waals surface area contributed by atoms with Gasteiger partial charge in [-0.3, -0.25) is 4.68 Å². The van der Waals surface area contributed by atoms with E-state index in [2.05, 4.69) is 46.3 Å². The Morgan fingerprint density at radius 2 is 2.36 bits per heavy atom. The second kappa shape index (κ2) is 5.51. The Labute approximate surface area is 94.0 Å². The molecule has 4 heteroatoms. The average Bonchev–Trinajstić information content (AvgIpc) is 2.55. The lowest BCUT2D eigenvalue weighted by Gasteiger charge is -2.09. The van der Waals surface area contributed by atoms with Crippen LogP contribution in [0, 0.1) is 0 Å². The van der Waals surface area contributed by atoms with Crippen molar-refractivity contribution in [2.45, 2.75) is 32.9 Å². The summed E-state index contributed by atoms with van der Waals surface area (Å²) in [4.78, 5) is 0. The molecule has 1 unspecified atom stereocenters. The monoisotopic (exact) mass is 259 g/mol. The molecule has 0 bridgehead atoms. The van der Waals surface area contributed by atoms with Crippen LogP contribution in [0.2, 0.25) is 0 Å². The zero-order valence-corrected chi connectivity index (χ0v) is 10.6. The van der Waals surface area contributed by atoms with Crippen LogP contribution >= 0.6 is 15.9 Å². The first-order valence-electron chi connectivity index (χ1n) is 4.98. The van der Waals surface area contributed by atoms with Gasteiger partial charge >= 0.3 is 0 Å². The van der Waals surface area contributed by atoms with Crippen LogP contribution in [-0.4, -0.2) is 21.2 Å². The maximum atomic E-state index is 4.40. The molecule has 3 nitrogen and oxygen atoms in total. The van der Waals surface area contributed by atoms with Crippen LogP contribution in [-0.2, 0) is 20.0 Å². The van der Waals surface area contributed by atoms with Gasteiger partial charge in [-0.2, -0.15) is 5.10 Å². The summed E-state index contributed by atoms with van der Waals surface area (Å²) in [5.41, 5.74) is 2.41. The lowest BCUT2D eigenvalue weighted by molar-refractivity contribution is 0.566. The van der Waals surface area contributed by atoms with Crippen LogP contribution in [0.1, 0.15) is 25.2 Å². The van der Waals surface area contributed by atoms with Gasteiger partial charge in [-0.15, -0.1) is 0 Å². The van der Waals surface area contributed by atoms with Gasteiger partial charge in [-0.05, 0) is 19.4 Å². The molecule has 0 aliphatic rings. The molecule has 0 aromatic carbocycles. The summed E-state index contributed by atoms with van der Waals surface area (Å²) in [6.07, 6.45) is 1.00. The van der Waals surface area contributed by atoms with Crippen molar-refractivity contribution in [2.75, 3.05) is 5.33 Å². The molecule has 0 radical (unpaired) electrons. The molecular formula is C10H18BrN3. The fourth-order valence-corrected chi connectivity index (χ4v) is 1.47. The van der Waals surface area contributed by atoms with E-state index in [4.69, 9.17) is 0 Å². The molecule has 0 aliphatic heterocycles. The summed E-state index contributed by atoms with van der Waals surface area (Å²) >= 11 is 3.44. The largest absolute Gasteiger partial charge is 0.308 e. The second-order valence-corrected chi connectivity index (χ2v) is 4.19. The number of nitrogens with zero attached hydrogens (tertiary/aromatic N) is 2. The van der Waals surface area contributed by atoms with Gasteiger partial charge in [0, 0.05) is 25.0 Å². The Morgan fingerprint density at radius 1 is 1.64 bits per heavy atom. The van der Waals surface area contributed by atoms with Crippen molar-refractivity contribution in [3.63, 3.8) is 0 Å². The minimum atomic E-state index is 0.495. The summed E-state index contributed by atoms with van der Waals surface area (Å²) in [7, 11) is 2.00. The van der Waals surface area contributed by atoms with Crippen LogP contribution in [0.25, 0.3) is 0 Å². The van der Waals surface area contributed by atoms with Gasteiger partial charge in [-0.1, -0.05) is 22.9 Å². The van der Waals surface area contributed by atoms with Crippen LogP contribution in [0.15, 0.2) is 6.07 Å². The summed E-state index contributed by atoms with van der Waals surface area (Å²) in [6.45, 7) is 5.17. The third kappa shape index (κ3) is 3.10. The highest BCUT2D eigenvalue weighted by molar-refractivity contribution is 9.09. The average molecular weight is 260 g/mol. The Hall–Kier alpha value is -0.350. The van der Waals surface area contributed by atoms with Crippen molar-refractivity contribution in [2.24, 2.45) is 7.05 Å². The highest BCUT2D eigenvalue weighted by atomic mass is 79.9. The molecule has 0 saturated heterocycles. The van der Waals surface area contributed by atoms with E-state index < -0.39 is 0 Å². The van der Waals surface area contributed by atoms with Gasteiger partial charge in [0.2, 0.25) is 0 Å². The molecule has 1 heterocycles. The quantitative estimate of drug-likeness (QED) is 0.819. The Morgan fingerprint density at radius 3 is 2.86 bits per heavy atom. The number of aromatic nitrogens is 2. The SMILES string of the molecule is CCc1cc(CNC(C)CBr)n(C)n1. The number of aryl methyl sites for hydroxylation is 2. The maximum Gasteiger partial charge on any atom is 0.0625 e. The lowest BCUT2D eigenvalue weighted by Crippen LogP contribution is -2.27. The fourth-order valence-electron chi connectivity index (χ4n) is 1.24. The molecule has 1 aromatic rings. The molecule has 80 valence electrons. The van der Waals surface area contributed by atoms with E-state index in [1.165, 1.54) is 5.69 Å². The van der Waals surface area contributed by atoms with Crippen LogP contribution in [0.5, 0.6) is 0 Å². The van der Waals surface area contributed by atoms with Crippen LogP contribution in [0.4, 0.5) is 0 Å². The Kier molecular flexibility index (Phi) is 4.62. The van der Waals surface area contributed by atoms with E-state index in [9.17, 15) is 0 Å². The van der Waals surface area contributed by atoms with Gasteiger partial charge in [-0.25, -0.2) is 0 Å². The highest BCUT2D eigenvalue weighted by Crippen LogP contribution is 2.04. The molecule has 0 aliphatic carbocycles. The smallest absolute Gasteiger partial charge is 0.0625 e. The molecule has 14 heavy (non-hydrogen) atoms. The minimum absolute atomic E-state index is 0.495. The normalized spacial score (nSPS) is 13.1. The van der Waals surface area contributed by atoms with Gasteiger partial charge < -0.3 is 5.32 Å². The van der Waals surface area contributed by atoms with E-state index in [1.54, 1.807) is 0 Å². The van der Waals surface area contributed by atoms with Crippen molar-refractivity contribution in [1.29, 1.82) is 0 Å². The molecule has 1 N–H and O–H groups in total. The topological polar surface area (TPSA) is 29.9 Å². The zero-order chi connectivity index (χ0) is 10.6. The third-order valence-electron chi connectivity index (χ3n) is 2.25. The van der Waals surface area contributed by atoms with Crippen molar-refractivity contribution >= 4 is 15.9 Å². The first-order chi connectivity index (χ1) is 6.67. The fraction of sp³-hybridized carbons (Fsp3) is 0.700. The minimum Gasteiger partial charge on any atom is -0.308 e. The van der Waals surface area contributed by atoms with E-state index in [0.717, 1.165) is 24.0 Å². The van der Waals surface area contributed by atoms with E-state index in [0.29, 0.717) is 6.04 Å². The summed E-state index contributed by atoms with van der Waals surface area (Å²) in [6, 6.07) is 2.66. The standard InChI is InChI=1S/C10H18BrN3/c1-4-9-5-10(14(3)13-9)7-12-8(2)6-11/h5,8,12H,4,6-7H2,1-3H3. The van der Waals surface area contributed by atoms with Crippen molar-refractivity contribution in [3.05, 3.63) is 17.5 Å². The second-order valence-electron chi connectivity index (χ2n) is 3.54. The molecule has 1 atom stereocenters. The predicted octanol–water partition coefficient (Wildman–Crippen LogP) is 1.86. The number of rotatable bonds is 5. The Bertz CT molecular complexity index is 283. The van der Waals surface area contributed by atoms with Crippen molar-refractivity contribution < 1.29 is 0 Å².